The molecule has 2 atom stereocenters. The monoisotopic (exact) mass is 533 g/mol. The number of carbonyl (C=O) groups excluding carboxylic acids is 2. The number of fused-ring (bicyclic) bond motifs is 1. The van der Waals surface area contributed by atoms with E-state index in [9.17, 15) is 9.59 Å². The van der Waals surface area contributed by atoms with Crippen LogP contribution < -0.4 is 10.2 Å². The number of carbonyl (C=O) groups is 2. The van der Waals surface area contributed by atoms with E-state index in [4.69, 9.17) is 11.6 Å². The van der Waals surface area contributed by atoms with Gasteiger partial charge in [0, 0.05) is 81.5 Å². The summed E-state index contributed by atoms with van der Waals surface area (Å²) in [5.74, 6) is -0.567. The Hall–Kier alpha value is -3.29. The largest absolute Gasteiger partial charge is 0.369 e. The van der Waals surface area contributed by atoms with Crippen molar-refractivity contribution >= 4 is 29.1 Å². The maximum atomic E-state index is 13.8. The summed E-state index contributed by atoms with van der Waals surface area (Å²) in [6.07, 6.45) is 2.06. The molecule has 38 heavy (non-hydrogen) atoms. The molecule has 0 saturated carbocycles. The van der Waals surface area contributed by atoms with Crippen molar-refractivity contribution in [3.05, 3.63) is 87.7 Å². The van der Waals surface area contributed by atoms with Crippen LogP contribution in [0.3, 0.4) is 0 Å². The lowest BCUT2D eigenvalue weighted by Crippen LogP contribution is -2.50. The number of halogens is 1. The fourth-order valence-electron chi connectivity index (χ4n) is 5.87. The molecule has 1 aromatic heterocycles. The summed E-state index contributed by atoms with van der Waals surface area (Å²) in [6.45, 7) is 9.18. The lowest BCUT2D eigenvalue weighted by molar-refractivity contribution is -0.124. The molecular formula is C30H36ClN5O2. The third kappa shape index (κ3) is 4.93. The quantitative estimate of drug-likeness (QED) is 0.517. The zero-order valence-electron chi connectivity index (χ0n) is 22.6. The lowest BCUT2D eigenvalue weighted by atomic mass is 9.79. The van der Waals surface area contributed by atoms with Crippen LogP contribution in [0.1, 0.15) is 44.7 Å². The van der Waals surface area contributed by atoms with Gasteiger partial charge in [-0.25, -0.2) is 0 Å². The molecule has 200 valence electrons. The van der Waals surface area contributed by atoms with Gasteiger partial charge in [-0.2, -0.15) is 0 Å². The number of hydrogen-bond donors (Lipinski definition) is 1. The topological polar surface area (TPSA) is 60.8 Å². The smallest absolute Gasteiger partial charge is 0.254 e. The van der Waals surface area contributed by atoms with Crippen LogP contribution in [0.25, 0.3) is 0 Å². The molecule has 8 heteroatoms. The van der Waals surface area contributed by atoms with E-state index in [0.29, 0.717) is 12.1 Å². The third-order valence-corrected chi connectivity index (χ3v) is 8.53. The molecule has 0 spiro atoms. The number of rotatable bonds is 6. The number of nitrogens with zero attached hydrogens (tertiary/aromatic N) is 4. The number of piperazine rings is 1. The molecular weight excluding hydrogens is 498 g/mol. The number of nitrogens with one attached hydrogen (secondary N) is 1. The predicted octanol–water partition coefficient (Wildman–Crippen LogP) is 4.14. The maximum absolute atomic E-state index is 13.8. The highest BCUT2D eigenvalue weighted by Gasteiger charge is 2.43. The summed E-state index contributed by atoms with van der Waals surface area (Å²) < 4.78 is 2.07. The van der Waals surface area contributed by atoms with Crippen LogP contribution >= 0.6 is 11.6 Å². The van der Waals surface area contributed by atoms with Crippen LogP contribution in [-0.4, -0.2) is 72.5 Å². The molecule has 1 fully saturated rings. The predicted molar refractivity (Wildman–Crippen MR) is 152 cm³/mol. The first kappa shape index (κ1) is 26.3. The first-order valence-corrected chi connectivity index (χ1v) is 13.6. The van der Waals surface area contributed by atoms with E-state index in [1.165, 1.54) is 0 Å². The van der Waals surface area contributed by atoms with Crippen LogP contribution in [0.4, 0.5) is 5.69 Å². The van der Waals surface area contributed by atoms with Gasteiger partial charge in [-0.05, 0) is 54.8 Å². The van der Waals surface area contributed by atoms with E-state index >= 15 is 0 Å². The van der Waals surface area contributed by atoms with Crippen molar-refractivity contribution in [1.29, 1.82) is 0 Å². The van der Waals surface area contributed by atoms with E-state index in [-0.39, 0.29) is 17.9 Å². The van der Waals surface area contributed by atoms with Crippen molar-refractivity contribution < 1.29 is 9.59 Å². The SMILES string of the molecule is Cc1c(C2C(C(=O)NCCN3CCN(c4cccc(Cl)c4)CC3)c3ccccc3C(=O)N2C)cn(C)c1C. The number of aryl methyl sites for hydroxylation is 1. The fraction of sp³-hybridized carbons (Fsp3) is 0.400. The van der Waals surface area contributed by atoms with Gasteiger partial charge < -0.3 is 19.7 Å². The van der Waals surface area contributed by atoms with E-state index in [2.05, 4.69) is 45.8 Å². The van der Waals surface area contributed by atoms with Gasteiger partial charge in [0.25, 0.3) is 5.91 Å². The third-order valence-electron chi connectivity index (χ3n) is 8.29. The maximum Gasteiger partial charge on any atom is 0.254 e. The molecule has 2 aromatic carbocycles. The molecule has 7 nitrogen and oxygen atoms in total. The van der Waals surface area contributed by atoms with Crippen molar-refractivity contribution in [2.24, 2.45) is 7.05 Å². The summed E-state index contributed by atoms with van der Waals surface area (Å²) in [6, 6.07) is 15.2. The van der Waals surface area contributed by atoms with Gasteiger partial charge in [0.15, 0.2) is 0 Å². The second-order valence-corrected chi connectivity index (χ2v) is 10.9. The summed E-state index contributed by atoms with van der Waals surface area (Å²) in [4.78, 5) is 33.6. The molecule has 0 bridgehead atoms. The minimum Gasteiger partial charge on any atom is -0.369 e. The Kier molecular flexibility index (Phi) is 7.50. The van der Waals surface area contributed by atoms with E-state index in [1.807, 2.05) is 56.6 Å². The van der Waals surface area contributed by atoms with E-state index in [0.717, 1.165) is 65.8 Å². The van der Waals surface area contributed by atoms with Gasteiger partial charge >= 0.3 is 0 Å². The summed E-state index contributed by atoms with van der Waals surface area (Å²) in [7, 11) is 3.82. The summed E-state index contributed by atoms with van der Waals surface area (Å²) in [5.41, 5.74) is 5.83. The second kappa shape index (κ2) is 10.8. The highest BCUT2D eigenvalue weighted by atomic mass is 35.5. The van der Waals surface area contributed by atoms with Gasteiger partial charge in [0.05, 0.1) is 12.0 Å². The average Bonchev–Trinajstić information content (AvgIpc) is 3.17. The van der Waals surface area contributed by atoms with Crippen LogP contribution in [0.5, 0.6) is 0 Å². The first-order chi connectivity index (χ1) is 18.3. The molecule has 5 rings (SSSR count). The fourth-order valence-corrected chi connectivity index (χ4v) is 6.05. The van der Waals surface area contributed by atoms with E-state index in [1.54, 1.807) is 4.90 Å². The Morgan fingerprint density at radius 1 is 1.00 bits per heavy atom. The second-order valence-electron chi connectivity index (χ2n) is 10.4. The molecule has 0 aliphatic carbocycles. The van der Waals surface area contributed by atoms with Crippen molar-refractivity contribution in [2.45, 2.75) is 25.8 Å². The molecule has 2 aliphatic rings. The van der Waals surface area contributed by atoms with Gasteiger partial charge in [-0.3, -0.25) is 14.5 Å². The molecule has 2 unspecified atom stereocenters. The van der Waals surface area contributed by atoms with Crippen LogP contribution in [-0.2, 0) is 11.8 Å². The molecule has 3 aromatic rings. The van der Waals surface area contributed by atoms with Crippen LogP contribution in [0.15, 0.2) is 54.7 Å². The number of aromatic nitrogens is 1. The Morgan fingerprint density at radius 3 is 2.42 bits per heavy atom. The van der Waals surface area contributed by atoms with Gasteiger partial charge in [0.2, 0.25) is 5.91 Å². The molecule has 0 radical (unpaired) electrons. The summed E-state index contributed by atoms with van der Waals surface area (Å²) >= 11 is 6.17. The van der Waals surface area contributed by atoms with Gasteiger partial charge in [-0.1, -0.05) is 35.9 Å². The van der Waals surface area contributed by atoms with Crippen molar-refractivity contribution in [3.63, 3.8) is 0 Å². The zero-order valence-corrected chi connectivity index (χ0v) is 23.3. The minimum atomic E-state index is -0.478. The number of amides is 2. The molecule has 3 heterocycles. The number of hydrogen-bond acceptors (Lipinski definition) is 4. The normalized spacial score (nSPS) is 20.0. The Bertz CT molecular complexity index is 1340. The van der Waals surface area contributed by atoms with Gasteiger partial charge in [-0.15, -0.1) is 0 Å². The highest BCUT2D eigenvalue weighted by molar-refractivity contribution is 6.30. The minimum absolute atomic E-state index is 0.0414. The standard InChI is InChI=1S/C30H36ClN5O2/c1-20-21(2)33(3)19-26(20)28-27(24-10-5-6-11-25(24)30(38)34(28)4)29(37)32-12-13-35-14-16-36(17-15-35)23-9-7-8-22(31)18-23/h5-11,18-19,27-28H,12-17H2,1-4H3,(H,32,37). The van der Waals surface area contributed by atoms with Crippen molar-refractivity contribution in [2.75, 3.05) is 51.2 Å². The van der Waals surface area contributed by atoms with Crippen LogP contribution in [0.2, 0.25) is 5.02 Å². The lowest BCUT2D eigenvalue weighted by Gasteiger charge is -2.40. The van der Waals surface area contributed by atoms with E-state index < -0.39 is 5.92 Å². The molecule has 1 N–H and O–H groups in total. The number of benzene rings is 2. The highest BCUT2D eigenvalue weighted by Crippen LogP contribution is 2.43. The zero-order chi connectivity index (χ0) is 27.0. The van der Waals surface area contributed by atoms with Crippen molar-refractivity contribution in [1.82, 2.24) is 19.7 Å². The van der Waals surface area contributed by atoms with Crippen LogP contribution in [0, 0.1) is 13.8 Å². The molecule has 2 amide bonds. The molecule has 2 aliphatic heterocycles. The average molecular weight is 534 g/mol. The Morgan fingerprint density at radius 2 is 1.74 bits per heavy atom. The van der Waals surface area contributed by atoms with Crippen molar-refractivity contribution in [3.8, 4) is 0 Å². The number of anilines is 1. The first-order valence-electron chi connectivity index (χ1n) is 13.3. The molecule has 1 saturated heterocycles. The number of likely N-dealkylation sites (N-methyl/N-ethyl adjacent to an activating group) is 1. The Labute approximate surface area is 230 Å². The summed E-state index contributed by atoms with van der Waals surface area (Å²) in [5, 5.41) is 3.96. The van der Waals surface area contributed by atoms with Gasteiger partial charge in [0.1, 0.15) is 0 Å². The Balaban J connectivity index is 1.28.